The molecule has 0 bridgehead atoms. The van der Waals surface area contributed by atoms with Gasteiger partial charge in [-0.1, -0.05) is 19.0 Å². The molecule has 0 aliphatic rings. The Kier molecular flexibility index (Phi) is 2.77. The average Bonchev–Trinajstić information content (AvgIpc) is 2.85. The van der Waals surface area contributed by atoms with Crippen molar-refractivity contribution in [3.8, 4) is 11.5 Å². The van der Waals surface area contributed by atoms with E-state index >= 15 is 0 Å². The van der Waals surface area contributed by atoms with Crippen molar-refractivity contribution in [3.63, 3.8) is 0 Å². The fourth-order valence-corrected chi connectivity index (χ4v) is 1.11. The molecule has 2 rings (SSSR count). The van der Waals surface area contributed by atoms with Crippen LogP contribution >= 0.6 is 0 Å². The number of rotatable bonds is 4. The average molecular weight is 207 g/mol. The van der Waals surface area contributed by atoms with Crippen LogP contribution in [0, 0.1) is 0 Å². The number of nitrogens with zero attached hydrogens (tertiary/aromatic N) is 3. The molecule has 0 saturated heterocycles. The minimum Gasteiger partial charge on any atom is -0.334 e. The Labute approximate surface area is 87.1 Å². The van der Waals surface area contributed by atoms with Crippen LogP contribution in [0.1, 0.15) is 19.7 Å². The van der Waals surface area contributed by atoms with E-state index in [2.05, 4.69) is 39.5 Å². The quantitative estimate of drug-likeness (QED) is 0.780. The molecule has 2 N–H and O–H groups in total. The largest absolute Gasteiger partial charge is 0.334 e. The highest BCUT2D eigenvalue weighted by Gasteiger charge is 2.09. The molecule has 0 unspecified atom stereocenters. The number of H-pyrrole nitrogens is 1. The molecule has 15 heavy (non-hydrogen) atoms. The third kappa shape index (κ3) is 2.41. The van der Waals surface area contributed by atoms with Gasteiger partial charge >= 0.3 is 0 Å². The molecule has 0 fully saturated rings. The number of hydrogen-bond acceptors (Lipinski definition) is 5. The number of aromatic nitrogens is 4. The van der Waals surface area contributed by atoms with Crippen molar-refractivity contribution in [3.05, 3.63) is 18.2 Å². The topological polar surface area (TPSA) is 79.6 Å². The van der Waals surface area contributed by atoms with Crippen LogP contribution in [0.4, 0.5) is 0 Å². The lowest BCUT2D eigenvalue weighted by Crippen LogP contribution is -2.22. The summed E-state index contributed by atoms with van der Waals surface area (Å²) >= 11 is 0. The Hall–Kier alpha value is -1.69. The van der Waals surface area contributed by atoms with Crippen molar-refractivity contribution in [2.75, 3.05) is 0 Å². The van der Waals surface area contributed by atoms with Crippen LogP contribution in [-0.2, 0) is 6.54 Å². The fourth-order valence-electron chi connectivity index (χ4n) is 1.11. The van der Waals surface area contributed by atoms with Crippen molar-refractivity contribution in [1.82, 2.24) is 25.7 Å². The van der Waals surface area contributed by atoms with E-state index in [0.717, 1.165) is 5.56 Å². The first-order chi connectivity index (χ1) is 7.25. The standard InChI is InChI=1S/C9H13N5O/c1-6(2)10-5-8-13-9(15-14-8)7-3-11-12-4-7/h3-4,6,10H,5H2,1-2H3,(H,11,12). The first kappa shape index (κ1) is 9.85. The Morgan fingerprint density at radius 2 is 2.40 bits per heavy atom. The third-order valence-electron chi connectivity index (χ3n) is 1.88. The summed E-state index contributed by atoms with van der Waals surface area (Å²) in [4.78, 5) is 4.22. The van der Waals surface area contributed by atoms with Crippen molar-refractivity contribution >= 4 is 0 Å². The molecule has 0 aromatic carbocycles. The molecule has 0 atom stereocenters. The second kappa shape index (κ2) is 4.22. The van der Waals surface area contributed by atoms with E-state index in [9.17, 15) is 0 Å². The molecule has 0 spiro atoms. The van der Waals surface area contributed by atoms with Crippen LogP contribution in [0.3, 0.4) is 0 Å². The third-order valence-corrected chi connectivity index (χ3v) is 1.88. The molecule has 6 nitrogen and oxygen atoms in total. The molecule has 2 aromatic rings. The van der Waals surface area contributed by atoms with Gasteiger partial charge in [0, 0.05) is 12.2 Å². The highest BCUT2D eigenvalue weighted by Crippen LogP contribution is 2.14. The van der Waals surface area contributed by atoms with Gasteiger partial charge in [0.15, 0.2) is 5.82 Å². The van der Waals surface area contributed by atoms with Gasteiger partial charge in [0.25, 0.3) is 5.89 Å². The summed E-state index contributed by atoms with van der Waals surface area (Å²) in [5.74, 6) is 1.14. The second-order valence-corrected chi connectivity index (χ2v) is 3.54. The van der Waals surface area contributed by atoms with Gasteiger partial charge in [-0.2, -0.15) is 10.1 Å². The van der Waals surface area contributed by atoms with Crippen molar-refractivity contribution in [2.45, 2.75) is 26.4 Å². The molecular weight excluding hydrogens is 194 g/mol. The van der Waals surface area contributed by atoms with Crippen LogP contribution in [0.2, 0.25) is 0 Å². The summed E-state index contributed by atoms with van der Waals surface area (Å²) in [7, 11) is 0. The van der Waals surface area contributed by atoms with E-state index in [1.807, 2.05) is 0 Å². The van der Waals surface area contributed by atoms with Gasteiger partial charge in [-0.05, 0) is 0 Å². The first-order valence-electron chi connectivity index (χ1n) is 4.81. The highest BCUT2D eigenvalue weighted by molar-refractivity contribution is 5.48. The van der Waals surface area contributed by atoms with Gasteiger partial charge in [0.2, 0.25) is 0 Å². The van der Waals surface area contributed by atoms with Crippen LogP contribution in [0.15, 0.2) is 16.9 Å². The predicted octanol–water partition coefficient (Wildman–Crippen LogP) is 0.958. The zero-order chi connectivity index (χ0) is 10.7. The predicted molar refractivity (Wildman–Crippen MR) is 53.9 cm³/mol. The summed E-state index contributed by atoms with van der Waals surface area (Å²) in [6.07, 6.45) is 3.36. The van der Waals surface area contributed by atoms with Gasteiger partial charge in [-0.25, -0.2) is 0 Å². The SMILES string of the molecule is CC(C)NCc1noc(-c2cn[nH]c2)n1. The molecule has 6 heteroatoms. The first-order valence-corrected chi connectivity index (χ1v) is 4.81. The smallest absolute Gasteiger partial charge is 0.261 e. The molecular formula is C9H13N5O. The highest BCUT2D eigenvalue weighted by atomic mass is 16.5. The minimum absolute atomic E-state index is 0.404. The van der Waals surface area contributed by atoms with Gasteiger partial charge < -0.3 is 9.84 Å². The summed E-state index contributed by atoms with van der Waals surface area (Å²) < 4.78 is 5.08. The number of hydrogen-bond donors (Lipinski definition) is 2. The van der Waals surface area contributed by atoms with Crippen molar-refractivity contribution in [2.24, 2.45) is 0 Å². The van der Waals surface area contributed by atoms with E-state index in [4.69, 9.17) is 4.52 Å². The lowest BCUT2D eigenvalue weighted by atomic mass is 10.3. The normalized spacial score (nSPS) is 11.1. The molecule has 0 aliphatic heterocycles. The van der Waals surface area contributed by atoms with E-state index in [1.165, 1.54) is 0 Å². The van der Waals surface area contributed by atoms with Gasteiger partial charge in [-0.3, -0.25) is 5.10 Å². The zero-order valence-corrected chi connectivity index (χ0v) is 8.69. The summed E-state index contributed by atoms with van der Waals surface area (Å²) in [5, 5.41) is 13.6. The monoisotopic (exact) mass is 207 g/mol. The molecule has 0 radical (unpaired) electrons. The number of nitrogens with one attached hydrogen (secondary N) is 2. The lowest BCUT2D eigenvalue weighted by molar-refractivity contribution is 0.417. The Balaban J connectivity index is 2.04. The van der Waals surface area contributed by atoms with Crippen molar-refractivity contribution < 1.29 is 4.52 Å². The van der Waals surface area contributed by atoms with E-state index in [-0.39, 0.29) is 0 Å². The molecule has 2 heterocycles. The maximum absolute atomic E-state index is 5.08. The summed E-state index contributed by atoms with van der Waals surface area (Å²) in [6.45, 7) is 4.74. The second-order valence-electron chi connectivity index (χ2n) is 3.54. The maximum Gasteiger partial charge on any atom is 0.261 e. The van der Waals surface area contributed by atoms with E-state index < -0.39 is 0 Å². The maximum atomic E-state index is 5.08. The Morgan fingerprint density at radius 1 is 1.53 bits per heavy atom. The molecule has 0 amide bonds. The summed E-state index contributed by atoms with van der Waals surface area (Å²) in [6, 6.07) is 0.404. The Morgan fingerprint density at radius 3 is 3.07 bits per heavy atom. The summed E-state index contributed by atoms with van der Waals surface area (Å²) in [5.41, 5.74) is 0.804. The molecule has 2 aromatic heterocycles. The van der Waals surface area contributed by atoms with E-state index in [1.54, 1.807) is 12.4 Å². The van der Waals surface area contributed by atoms with Crippen LogP contribution < -0.4 is 5.32 Å². The van der Waals surface area contributed by atoms with E-state index in [0.29, 0.717) is 24.3 Å². The Bertz CT molecular complexity index is 406. The van der Waals surface area contributed by atoms with Crippen LogP contribution in [-0.4, -0.2) is 26.4 Å². The fraction of sp³-hybridized carbons (Fsp3) is 0.444. The zero-order valence-electron chi connectivity index (χ0n) is 8.69. The molecule has 80 valence electrons. The van der Waals surface area contributed by atoms with Crippen molar-refractivity contribution in [1.29, 1.82) is 0 Å². The van der Waals surface area contributed by atoms with Gasteiger partial charge in [-0.15, -0.1) is 0 Å². The number of aromatic amines is 1. The minimum atomic E-state index is 0.404. The van der Waals surface area contributed by atoms with Crippen LogP contribution in [0.5, 0.6) is 0 Å². The van der Waals surface area contributed by atoms with Gasteiger partial charge in [0.1, 0.15) is 0 Å². The molecule has 0 aliphatic carbocycles. The lowest BCUT2D eigenvalue weighted by Gasteiger charge is -2.02. The molecule has 0 saturated carbocycles. The van der Waals surface area contributed by atoms with Gasteiger partial charge in [0.05, 0.1) is 18.3 Å². The van der Waals surface area contributed by atoms with Crippen LogP contribution in [0.25, 0.3) is 11.5 Å².